The van der Waals surface area contributed by atoms with E-state index in [4.69, 9.17) is 0 Å². The van der Waals surface area contributed by atoms with E-state index in [1.807, 2.05) is 37.7 Å². The number of rotatable bonds is 5. The molecule has 0 aliphatic heterocycles. The standard InChI is InChI=1S/C15H19N3O/c1-11-15(8-9-19)12(2)18(17-11)10-13-4-6-14(16-3)7-5-13/h4-7,9,16H,8,10H2,1-3H3. The van der Waals surface area contributed by atoms with Crippen molar-refractivity contribution in [1.29, 1.82) is 0 Å². The Labute approximate surface area is 113 Å². The van der Waals surface area contributed by atoms with Crippen LogP contribution in [0.25, 0.3) is 0 Å². The molecule has 2 rings (SSSR count). The van der Waals surface area contributed by atoms with Crippen molar-refractivity contribution in [3.8, 4) is 0 Å². The van der Waals surface area contributed by atoms with E-state index in [-0.39, 0.29) is 0 Å². The lowest BCUT2D eigenvalue weighted by Crippen LogP contribution is -2.04. The second-order valence-electron chi connectivity index (χ2n) is 4.62. The normalized spacial score (nSPS) is 10.5. The third kappa shape index (κ3) is 2.84. The minimum atomic E-state index is 0.441. The van der Waals surface area contributed by atoms with Crippen molar-refractivity contribution >= 4 is 12.0 Å². The monoisotopic (exact) mass is 257 g/mol. The van der Waals surface area contributed by atoms with Gasteiger partial charge in [-0.15, -0.1) is 0 Å². The molecule has 0 atom stereocenters. The molecule has 1 heterocycles. The van der Waals surface area contributed by atoms with Crippen LogP contribution in [0.15, 0.2) is 24.3 Å². The zero-order valence-electron chi connectivity index (χ0n) is 11.6. The molecular formula is C15H19N3O. The SMILES string of the molecule is CNc1ccc(Cn2nc(C)c(CC=O)c2C)cc1. The van der Waals surface area contributed by atoms with E-state index in [2.05, 4.69) is 22.5 Å². The third-order valence-electron chi connectivity index (χ3n) is 3.39. The van der Waals surface area contributed by atoms with Gasteiger partial charge in [-0.25, -0.2) is 0 Å². The van der Waals surface area contributed by atoms with Crippen molar-refractivity contribution < 1.29 is 4.79 Å². The Balaban J connectivity index is 2.22. The van der Waals surface area contributed by atoms with Crippen molar-refractivity contribution in [2.45, 2.75) is 26.8 Å². The highest BCUT2D eigenvalue weighted by molar-refractivity contribution is 5.56. The zero-order chi connectivity index (χ0) is 13.8. The van der Waals surface area contributed by atoms with Crippen molar-refractivity contribution in [2.24, 2.45) is 0 Å². The van der Waals surface area contributed by atoms with Crippen molar-refractivity contribution in [3.05, 3.63) is 46.8 Å². The lowest BCUT2D eigenvalue weighted by atomic mass is 10.1. The number of hydrogen-bond donors (Lipinski definition) is 1. The lowest BCUT2D eigenvalue weighted by Gasteiger charge is -2.06. The Bertz CT molecular complexity index is 570. The van der Waals surface area contributed by atoms with Crippen molar-refractivity contribution in [3.63, 3.8) is 0 Å². The fraction of sp³-hybridized carbons (Fsp3) is 0.333. The summed E-state index contributed by atoms with van der Waals surface area (Å²) in [4.78, 5) is 10.7. The van der Waals surface area contributed by atoms with Crippen molar-refractivity contribution in [2.75, 3.05) is 12.4 Å². The Morgan fingerprint density at radius 2 is 1.95 bits per heavy atom. The van der Waals surface area contributed by atoms with Gasteiger partial charge in [0.2, 0.25) is 0 Å². The topological polar surface area (TPSA) is 46.9 Å². The summed E-state index contributed by atoms with van der Waals surface area (Å²) in [6.07, 6.45) is 1.37. The first kappa shape index (κ1) is 13.3. The van der Waals surface area contributed by atoms with Gasteiger partial charge >= 0.3 is 0 Å². The minimum absolute atomic E-state index is 0.441. The van der Waals surface area contributed by atoms with E-state index in [1.165, 1.54) is 5.56 Å². The number of carbonyl (C=O) groups is 1. The number of nitrogens with zero attached hydrogens (tertiary/aromatic N) is 2. The van der Waals surface area contributed by atoms with Crippen LogP contribution in [-0.4, -0.2) is 23.1 Å². The molecule has 0 saturated carbocycles. The Kier molecular flexibility index (Phi) is 4.00. The van der Waals surface area contributed by atoms with E-state index in [0.717, 1.165) is 35.5 Å². The molecule has 0 bridgehead atoms. The molecule has 0 unspecified atom stereocenters. The summed E-state index contributed by atoms with van der Waals surface area (Å²) in [5.41, 5.74) is 5.35. The van der Waals surface area contributed by atoms with Crippen molar-refractivity contribution in [1.82, 2.24) is 9.78 Å². The van der Waals surface area contributed by atoms with Gasteiger partial charge in [0.15, 0.2) is 0 Å². The maximum atomic E-state index is 10.7. The zero-order valence-corrected chi connectivity index (χ0v) is 11.6. The fourth-order valence-electron chi connectivity index (χ4n) is 2.22. The fourth-order valence-corrected chi connectivity index (χ4v) is 2.22. The van der Waals surface area contributed by atoms with Crippen LogP contribution < -0.4 is 5.32 Å². The minimum Gasteiger partial charge on any atom is -0.388 e. The van der Waals surface area contributed by atoms with E-state index in [0.29, 0.717) is 6.42 Å². The average molecular weight is 257 g/mol. The second kappa shape index (κ2) is 5.69. The average Bonchev–Trinajstić information content (AvgIpc) is 2.68. The van der Waals surface area contributed by atoms with Gasteiger partial charge in [0.05, 0.1) is 12.2 Å². The van der Waals surface area contributed by atoms with E-state index in [9.17, 15) is 4.79 Å². The van der Waals surface area contributed by atoms with Crippen LogP contribution in [0.3, 0.4) is 0 Å². The first-order valence-corrected chi connectivity index (χ1v) is 6.39. The van der Waals surface area contributed by atoms with E-state index < -0.39 is 0 Å². The van der Waals surface area contributed by atoms with Gasteiger partial charge in [0.25, 0.3) is 0 Å². The summed E-state index contributed by atoms with van der Waals surface area (Å²) >= 11 is 0. The molecule has 1 aromatic carbocycles. The smallest absolute Gasteiger partial charge is 0.124 e. The molecule has 0 aliphatic carbocycles. The van der Waals surface area contributed by atoms with Crippen LogP contribution in [0.2, 0.25) is 0 Å². The molecule has 19 heavy (non-hydrogen) atoms. The molecule has 4 nitrogen and oxygen atoms in total. The van der Waals surface area contributed by atoms with Gasteiger partial charge in [0.1, 0.15) is 6.29 Å². The number of aromatic nitrogens is 2. The van der Waals surface area contributed by atoms with Crippen LogP contribution in [0.5, 0.6) is 0 Å². The Hall–Kier alpha value is -2.10. The van der Waals surface area contributed by atoms with E-state index >= 15 is 0 Å². The Morgan fingerprint density at radius 3 is 2.53 bits per heavy atom. The summed E-state index contributed by atoms with van der Waals surface area (Å²) in [6.45, 7) is 4.70. The molecule has 1 N–H and O–H groups in total. The maximum Gasteiger partial charge on any atom is 0.124 e. The molecule has 0 aliphatic rings. The molecule has 0 fully saturated rings. The summed E-state index contributed by atoms with van der Waals surface area (Å²) in [5.74, 6) is 0. The number of nitrogens with one attached hydrogen (secondary N) is 1. The molecule has 0 spiro atoms. The van der Waals surface area contributed by atoms with Crippen LogP contribution in [-0.2, 0) is 17.8 Å². The molecule has 4 heteroatoms. The third-order valence-corrected chi connectivity index (χ3v) is 3.39. The first-order chi connectivity index (χ1) is 9.15. The number of benzene rings is 1. The van der Waals surface area contributed by atoms with Crippen LogP contribution >= 0.6 is 0 Å². The number of aldehydes is 1. The summed E-state index contributed by atoms with van der Waals surface area (Å²) in [5, 5.41) is 7.61. The predicted octanol–water partition coefficient (Wildman–Crippen LogP) is 2.33. The second-order valence-corrected chi connectivity index (χ2v) is 4.62. The molecule has 0 amide bonds. The van der Waals surface area contributed by atoms with Gasteiger partial charge in [0, 0.05) is 30.4 Å². The molecule has 2 aromatic rings. The quantitative estimate of drug-likeness (QED) is 0.836. The molecule has 0 saturated heterocycles. The number of aryl methyl sites for hydroxylation is 1. The van der Waals surface area contributed by atoms with Gasteiger partial charge in [-0.05, 0) is 31.5 Å². The van der Waals surface area contributed by atoms with Gasteiger partial charge in [-0.2, -0.15) is 5.10 Å². The molecule has 100 valence electrons. The molecule has 0 radical (unpaired) electrons. The summed E-state index contributed by atoms with van der Waals surface area (Å²) in [6, 6.07) is 8.27. The largest absolute Gasteiger partial charge is 0.388 e. The summed E-state index contributed by atoms with van der Waals surface area (Å²) < 4.78 is 1.96. The maximum absolute atomic E-state index is 10.7. The lowest BCUT2D eigenvalue weighted by molar-refractivity contribution is -0.107. The highest BCUT2D eigenvalue weighted by Crippen LogP contribution is 2.16. The Morgan fingerprint density at radius 1 is 1.26 bits per heavy atom. The van der Waals surface area contributed by atoms with Crippen LogP contribution in [0.4, 0.5) is 5.69 Å². The van der Waals surface area contributed by atoms with Gasteiger partial charge in [-0.3, -0.25) is 4.68 Å². The molecule has 1 aromatic heterocycles. The summed E-state index contributed by atoms with van der Waals surface area (Å²) in [7, 11) is 1.90. The van der Waals surface area contributed by atoms with Crippen LogP contribution in [0, 0.1) is 13.8 Å². The van der Waals surface area contributed by atoms with Gasteiger partial charge in [-0.1, -0.05) is 12.1 Å². The van der Waals surface area contributed by atoms with Crippen LogP contribution in [0.1, 0.15) is 22.5 Å². The van der Waals surface area contributed by atoms with Gasteiger partial charge < -0.3 is 10.1 Å². The predicted molar refractivity (Wildman–Crippen MR) is 76.6 cm³/mol. The number of anilines is 1. The first-order valence-electron chi connectivity index (χ1n) is 6.39. The highest BCUT2D eigenvalue weighted by Gasteiger charge is 2.10. The highest BCUT2D eigenvalue weighted by atomic mass is 16.1. The van der Waals surface area contributed by atoms with E-state index in [1.54, 1.807) is 0 Å². The number of carbonyl (C=O) groups excluding carboxylic acids is 1. The number of hydrogen-bond acceptors (Lipinski definition) is 3. The molecular weight excluding hydrogens is 238 g/mol.